The summed E-state index contributed by atoms with van der Waals surface area (Å²) in [6, 6.07) is 31.1. The molecule has 1 aliphatic rings. The smallest absolute Gasteiger partial charge is 0.420 e. The van der Waals surface area contributed by atoms with Crippen LogP contribution < -0.4 is 20.9 Å². The summed E-state index contributed by atoms with van der Waals surface area (Å²) in [4.78, 5) is 0. The first-order valence-corrected chi connectivity index (χ1v) is 15.4. The van der Waals surface area contributed by atoms with Crippen molar-refractivity contribution in [1.82, 2.24) is 0 Å². The summed E-state index contributed by atoms with van der Waals surface area (Å²) in [5.74, 6) is 0.104. The maximum Gasteiger partial charge on any atom is 0.420 e. The van der Waals surface area contributed by atoms with Crippen LogP contribution in [0.25, 0.3) is 0 Å². The molecule has 0 aromatic heterocycles. The zero-order chi connectivity index (χ0) is 34.1. The number of ether oxygens (including phenoxy) is 2. The minimum atomic E-state index is -4.65. The average Bonchev–Trinajstić information content (AvgIpc) is 3.06. The maximum atomic E-state index is 13.7. The average molecular weight is 663 g/mol. The lowest BCUT2D eigenvalue weighted by atomic mass is 9.62. The highest BCUT2D eigenvalue weighted by Gasteiger charge is 2.40. The number of nitrogens with two attached hydrogens (primary N) is 2. The summed E-state index contributed by atoms with van der Waals surface area (Å²) in [5, 5.41) is 0. The molecular formula is C38H32F6N2O2. The monoisotopic (exact) mass is 662 g/mol. The molecule has 0 spiro atoms. The van der Waals surface area contributed by atoms with E-state index < -0.39 is 28.9 Å². The van der Waals surface area contributed by atoms with Gasteiger partial charge in [0, 0.05) is 16.8 Å². The first-order chi connectivity index (χ1) is 22.8. The molecular weight excluding hydrogens is 630 g/mol. The van der Waals surface area contributed by atoms with Crippen LogP contribution in [-0.4, -0.2) is 0 Å². The molecule has 0 atom stereocenters. The van der Waals surface area contributed by atoms with E-state index in [1.165, 1.54) is 29.8 Å². The van der Waals surface area contributed by atoms with E-state index >= 15 is 0 Å². The molecule has 5 aromatic carbocycles. The van der Waals surface area contributed by atoms with Gasteiger partial charge in [-0.05, 0) is 109 Å². The van der Waals surface area contributed by atoms with Gasteiger partial charge in [0.05, 0.1) is 0 Å². The summed E-state index contributed by atoms with van der Waals surface area (Å²) in [6.07, 6.45) is -6.02. The normalized spacial score (nSPS) is 15.2. The molecule has 4 N–H and O–H groups in total. The van der Waals surface area contributed by atoms with Crippen LogP contribution in [0.1, 0.15) is 59.4 Å². The molecule has 1 aliphatic carbocycles. The summed E-state index contributed by atoms with van der Waals surface area (Å²) >= 11 is 0. The molecule has 5 aromatic rings. The van der Waals surface area contributed by atoms with E-state index in [0.717, 1.165) is 48.9 Å². The molecule has 0 aliphatic heterocycles. The van der Waals surface area contributed by atoms with Crippen LogP contribution in [0, 0.1) is 0 Å². The van der Waals surface area contributed by atoms with E-state index in [0.29, 0.717) is 5.92 Å². The van der Waals surface area contributed by atoms with Crippen LogP contribution in [0.3, 0.4) is 0 Å². The van der Waals surface area contributed by atoms with E-state index in [1.807, 2.05) is 42.5 Å². The number of rotatable bonds is 7. The first-order valence-electron chi connectivity index (χ1n) is 15.4. The number of hydrogen-bond acceptors (Lipinski definition) is 4. The van der Waals surface area contributed by atoms with E-state index in [1.54, 1.807) is 24.3 Å². The number of alkyl halides is 6. The highest BCUT2D eigenvalue weighted by atomic mass is 19.4. The minimum absolute atomic E-state index is 0.0243. The topological polar surface area (TPSA) is 70.5 Å². The first kappa shape index (κ1) is 32.8. The third-order valence-corrected chi connectivity index (χ3v) is 9.00. The Bertz CT molecular complexity index is 1750. The molecule has 0 radical (unpaired) electrons. The zero-order valence-electron chi connectivity index (χ0n) is 25.6. The fourth-order valence-electron chi connectivity index (χ4n) is 6.57. The molecule has 10 heteroatoms. The summed E-state index contributed by atoms with van der Waals surface area (Å²) in [6.45, 7) is 0. The number of benzene rings is 5. The Hall–Kier alpha value is -5.12. The maximum absolute atomic E-state index is 13.7. The highest BCUT2D eigenvalue weighted by Crippen LogP contribution is 2.50. The number of anilines is 2. The van der Waals surface area contributed by atoms with E-state index in [2.05, 4.69) is 12.1 Å². The molecule has 0 unspecified atom stereocenters. The van der Waals surface area contributed by atoms with Crippen molar-refractivity contribution in [2.45, 2.75) is 49.4 Å². The molecule has 0 heterocycles. The van der Waals surface area contributed by atoms with Crippen LogP contribution >= 0.6 is 0 Å². The summed E-state index contributed by atoms with van der Waals surface area (Å²) in [5.41, 5.74) is 11.9. The van der Waals surface area contributed by atoms with Gasteiger partial charge in [-0.2, -0.15) is 26.3 Å². The van der Waals surface area contributed by atoms with Gasteiger partial charge in [-0.1, -0.05) is 54.6 Å². The molecule has 0 saturated heterocycles. The van der Waals surface area contributed by atoms with Crippen LogP contribution in [-0.2, 0) is 17.8 Å². The Morgan fingerprint density at radius 2 is 0.958 bits per heavy atom. The molecule has 0 amide bonds. The SMILES string of the molecule is Nc1ccc(Oc2ccc(C3(c4ccc(Oc5ccc(N)cc5C(F)(F)F)cc4)CCC(c4ccccc4)CC3)cc2)c(C(F)(F)F)c1. The fourth-order valence-corrected chi connectivity index (χ4v) is 6.57. The quantitative estimate of drug-likeness (QED) is 0.134. The van der Waals surface area contributed by atoms with Gasteiger partial charge >= 0.3 is 12.4 Å². The Morgan fingerprint density at radius 1 is 0.542 bits per heavy atom. The molecule has 1 saturated carbocycles. The lowest BCUT2D eigenvalue weighted by molar-refractivity contribution is -0.139. The van der Waals surface area contributed by atoms with E-state index in [-0.39, 0.29) is 34.4 Å². The lowest BCUT2D eigenvalue weighted by Gasteiger charge is -2.41. The van der Waals surface area contributed by atoms with Crippen LogP contribution in [0.5, 0.6) is 23.0 Å². The van der Waals surface area contributed by atoms with Crippen molar-refractivity contribution in [3.05, 3.63) is 143 Å². The molecule has 48 heavy (non-hydrogen) atoms. The van der Waals surface area contributed by atoms with E-state index in [4.69, 9.17) is 20.9 Å². The van der Waals surface area contributed by atoms with Crippen LogP contribution in [0.4, 0.5) is 37.7 Å². The van der Waals surface area contributed by atoms with Gasteiger partial charge in [0.15, 0.2) is 0 Å². The van der Waals surface area contributed by atoms with Gasteiger partial charge in [0.25, 0.3) is 0 Å². The van der Waals surface area contributed by atoms with Crippen molar-refractivity contribution in [2.24, 2.45) is 0 Å². The van der Waals surface area contributed by atoms with Crippen molar-refractivity contribution in [3.8, 4) is 23.0 Å². The van der Waals surface area contributed by atoms with Crippen LogP contribution in [0.15, 0.2) is 115 Å². The second-order valence-corrected chi connectivity index (χ2v) is 12.0. The van der Waals surface area contributed by atoms with Crippen molar-refractivity contribution < 1.29 is 35.8 Å². The van der Waals surface area contributed by atoms with Gasteiger partial charge in [0.1, 0.15) is 34.1 Å². The van der Waals surface area contributed by atoms with Gasteiger partial charge < -0.3 is 20.9 Å². The number of halogens is 6. The second-order valence-electron chi connectivity index (χ2n) is 12.0. The molecule has 1 fully saturated rings. The number of hydrogen-bond donors (Lipinski definition) is 2. The Balaban J connectivity index is 1.30. The van der Waals surface area contributed by atoms with Crippen LogP contribution in [0.2, 0.25) is 0 Å². The van der Waals surface area contributed by atoms with Crippen molar-refractivity contribution in [3.63, 3.8) is 0 Å². The van der Waals surface area contributed by atoms with Gasteiger partial charge in [-0.15, -0.1) is 0 Å². The second kappa shape index (κ2) is 12.8. The molecule has 248 valence electrons. The third kappa shape index (κ3) is 6.93. The summed E-state index contributed by atoms with van der Waals surface area (Å²) < 4.78 is 93.4. The predicted octanol–water partition coefficient (Wildman–Crippen LogP) is 11.1. The molecule has 6 rings (SSSR count). The zero-order valence-corrected chi connectivity index (χ0v) is 25.6. The van der Waals surface area contributed by atoms with Gasteiger partial charge in [-0.3, -0.25) is 0 Å². The number of nitrogen functional groups attached to an aromatic ring is 2. The Morgan fingerprint density at radius 3 is 1.35 bits per heavy atom. The highest BCUT2D eigenvalue weighted by molar-refractivity contribution is 5.52. The van der Waals surface area contributed by atoms with E-state index in [9.17, 15) is 26.3 Å². The Kier molecular flexibility index (Phi) is 8.76. The minimum Gasteiger partial charge on any atom is -0.457 e. The van der Waals surface area contributed by atoms with Gasteiger partial charge in [-0.25, -0.2) is 0 Å². The lowest BCUT2D eigenvalue weighted by Crippen LogP contribution is -2.32. The standard InChI is InChI=1S/C38H32F6N2O2/c39-37(40,41)32-22-28(45)10-16-34(32)47-30-12-6-26(7-13-30)36(20-18-25(19-21-36)24-4-2-1-3-5-24)27-8-14-31(15-9-27)48-35-17-11-29(46)23-33(35)38(42,43)44/h1-17,22-23,25H,18-21,45-46H2. The third-order valence-electron chi connectivity index (χ3n) is 9.00. The largest absolute Gasteiger partial charge is 0.457 e. The van der Waals surface area contributed by atoms with Crippen molar-refractivity contribution in [1.29, 1.82) is 0 Å². The van der Waals surface area contributed by atoms with Gasteiger partial charge in [0.2, 0.25) is 0 Å². The Labute approximate surface area is 273 Å². The molecule has 0 bridgehead atoms. The van der Waals surface area contributed by atoms with Crippen molar-refractivity contribution in [2.75, 3.05) is 11.5 Å². The predicted molar refractivity (Wildman–Crippen MR) is 173 cm³/mol. The summed E-state index contributed by atoms with van der Waals surface area (Å²) in [7, 11) is 0. The molecule has 4 nitrogen and oxygen atoms in total. The van der Waals surface area contributed by atoms with Crippen molar-refractivity contribution >= 4 is 11.4 Å². The fraction of sp³-hybridized carbons (Fsp3) is 0.211.